The van der Waals surface area contributed by atoms with Crippen LogP contribution in [0.15, 0.2) is 18.2 Å². The number of carbonyl (C=O) groups is 1. The van der Waals surface area contributed by atoms with Crippen molar-refractivity contribution in [3.63, 3.8) is 0 Å². The van der Waals surface area contributed by atoms with Gasteiger partial charge >= 0.3 is 6.18 Å². The number of likely N-dealkylation sites (tertiary alicyclic amines) is 1. The molecule has 1 aromatic rings. The highest BCUT2D eigenvalue weighted by atomic mass is 19.4. The van der Waals surface area contributed by atoms with Crippen LogP contribution in [0, 0.1) is 28.6 Å². The van der Waals surface area contributed by atoms with E-state index in [9.17, 15) is 23.1 Å². The van der Waals surface area contributed by atoms with Crippen molar-refractivity contribution < 1.29 is 23.1 Å². The molecule has 0 unspecified atom stereocenters. The molecule has 164 valence electrons. The van der Waals surface area contributed by atoms with Crippen LogP contribution < -0.4 is 4.90 Å². The second-order valence-electron chi connectivity index (χ2n) is 8.49. The van der Waals surface area contributed by atoms with Crippen molar-refractivity contribution in [3.05, 3.63) is 29.3 Å². The van der Waals surface area contributed by atoms with Crippen molar-refractivity contribution in [3.8, 4) is 6.07 Å². The van der Waals surface area contributed by atoms with E-state index in [2.05, 4.69) is 0 Å². The molecule has 0 aromatic heterocycles. The minimum atomic E-state index is -4.61. The molecule has 2 saturated heterocycles. The van der Waals surface area contributed by atoms with Crippen molar-refractivity contribution >= 4 is 11.6 Å². The molecule has 1 amide bonds. The first-order chi connectivity index (χ1) is 14.2. The van der Waals surface area contributed by atoms with E-state index in [1.165, 1.54) is 12.1 Å². The van der Waals surface area contributed by atoms with Gasteiger partial charge in [-0.15, -0.1) is 0 Å². The molecule has 1 N–H and O–H groups in total. The van der Waals surface area contributed by atoms with Crippen LogP contribution in [-0.4, -0.2) is 48.7 Å². The standard InChI is InChI=1S/C22H28F3N3O2/c1-3-15(4-2)20(30)27-8-7-21(14-29)13-28(12-17(21)11-27)18-6-5-16(10-26)19(9-18)22(23,24)25/h5-6,9,15,17,29H,3-4,7-8,11-14H2,1-2H3/t17-,21+/m1/s1. The maximum absolute atomic E-state index is 13.4. The molecule has 2 heterocycles. The predicted octanol–water partition coefficient (Wildman–Crippen LogP) is 3.66. The third kappa shape index (κ3) is 4.00. The van der Waals surface area contributed by atoms with E-state index in [0.717, 1.165) is 18.9 Å². The van der Waals surface area contributed by atoms with Crippen LogP contribution in [0.4, 0.5) is 18.9 Å². The highest BCUT2D eigenvalue weighted by Crippen LogP contribution is 2.45. The van der Waals surface area contributed by atoms with Gasteiger partial charge in [0.25, 0.3) is 0 Å². The lowest BCUT2D eigenvalue weighted by molar-refractivity contribution is -0.140. The van der Waals surface area contributed by atoms with Gasteiger partial charge in [0.1, 0.15) is 0 Å². The Morgan fingerprint density at radius 3 is 2.60 bits per heavy atom. The largest absolute Gasteiger partial charge is 0.417 e. The summed E-state index contributed by atoms with van der Waals surface area (Å²) in [5.74, 6) is 0.0965. The number of halogens is 3. The van der Waals surface area contributed by atoms with Gasteiger partial charge in [-0.3, -0.25) is 4.79 Å². The van der Waals surface area contributed by atoms with Crippen molar-refractivity contribution in [2.24, 2.45) is 17.3 Å². The average Bonchev–Trinajstić information content (AvgIpc) is 3.12. The van der Waals surface area contributed by atoms with Crippen LogP contribution >= 0.6 is 0 Å². The molecule has 2 atom stereocenters. The molecule has 0 radical (unpaired) electrons. The summed E-state index contributed by atoms with van der Waals surface area (Å²) in [4.78, 5) is 16.5. The zero-order chi connectivity index (χ0) is 22.1. The Kier molecular flexibility index (Phi) is 6.32. The SMILES string of the molecule is CCC(CC)C(=O)N1CC[C@@]2(CO)CN(c3ccc(C#N)c(C(F)(F)F)c3)C[C@H]2C1. The number of nitriles is 1. The molecule has 3 rings (SSSR count). The Morgan fingerprint density at radius 1 is 1.33 bits per heavy atom. The number of nitrogens with zero attached hydrogens (tertiary/aromatic N) is 3. The fourth-order valence-corrected chi connectivity index (χ4v) is 4.90. The number of fused-ring (bicyclic) bond motifs is 1. The summed E-state index contributed by atoms with van der Waals surface area (Å²) in [6, 6.07) is 5.36. The second kappa shape index (κ2) is 8.46. The number of anilines is 1. The molecule has 0 spiro atoms. The van der Waals surface area contributed by atoms with E-state index in [1.807, 2.05) is 23.6 Å². The van der Waals surface area contributed by atoms with Crippen molar-refractivity contribution in [2.45, 2.75) is 39.3 Å². The summed E-state index contributed by atoms with van der Waals surface area (Å²) < 4.78 is 40.1. The first-order valence-electron chi connectivity index (χ1n) is 10.4. The zero-order valence-corrected chi connectivity index (χ0v) is 17.4. The Labute approximate surface area is 175 Å². The first-order valence-corrected chi connectivity index (χ1v) is 10.4. The smallest absolute Gasteiger partial charge is 0.396 e. The van der Waals surface area contributed by atoms with Gasteiger partial charge in [0, 0.05) is 49.1 Å². The molecule has 2 fully saturated rings. The lowest BCUT2D eigenvalue weighted by atomic mass is 9.73. The summed E-state index contributed by atoms with van der Waals surface area (Å²) in [7, 11) is 0. The van der Waals surface area contributed by atoms with Crippen LogP contribution in [0.3, 0.4) is 0 Å². The fourth-order valence-electron chi connectivity index (χ4n) is 4.90. The van der Waals surface area contributed by atoms with E-state index in [1.54, 1.807) is 6.07 Å². The van der Waals surface area contributed by atoms with Crippen LogP contribution in [-0.2, 0) is 11.0 Å². The maximum atomic E-state index is 13.4. The van der Waals surface area contributed by atoms with E-state index in [-0.39, 0.29) is 24.3 Å². The molecule has 5 nitrogen and oxygen atoms in total. The molecule has 0 aliphatic carbocycles. The van der Waals surface area contributed by atoms with Crippen LogP contribution in [0.2, 0.25) is 0 Å². The topological polar surface area (TPSA) is 67.6 Å². The number of benzene rings is 1. The van der Waals surface area contributed by atoms with E-state index < -0.39 is 22.7 Å². The summed E-state index contributed by atoms with van der Waals surface area (Å²) in [6.45, 7) is 5.89. The highest BCUT2D eigenvalue weighted by Gasteiger charge is 2.50. The van der Waals surface area contributed by atoms with Crippen LogP contribution in [0.25, 0.3) is 0 Å². The molecule has 0 bridgehead atoms. The molecule has 1 aromatic carbocycles. The van der Waals surface area contributed by atoms with Crippen molar-refractivity contribution in [2.75, 3.05) is 37.7 Å². The molecule has 2 aliphatic heterocycles. The number of rotatable bonds is 5. The second-order valence-corrected chi connectivity index (χ2v) is 8.49. The van der Waals surface area contributed by atoms with E-state index >= 15 is 0 Å². The summed E-state index contributed by atoms with van der Waals surface area (Å²) in [5, 5.41) is 19.2. The van der Waals surface area contributed by atoms with Gasteiger partial charge in [0.2, 0.25) is 5.91 Å². The zero-order valence-electron chi connectivity index (χ0n) is 17.4. The summed E-state index contributed by atoms with van der Waals surface area (Å²) >= 11 is 0. The number of carbonyl (C=O) groups excluding carboxylic acids is 1. The highest BCUT2D eigenvalue weighted by molar-refractivity contribution is 5.79. The van der Waals surface area contributed by atoms with E-state index in [4.69, 9.17) is 5.26 Å². The minimum absolute atomic E-state index is 0.0143. The van der Waals surface area contributed by atoms with Crippen LogP contribution in [0.5, 0.6) is 0 Å². The number of hydrogen-bond acceptors (Lipinski definition) is 4. The lowest BCUT2D eigenvalue weighted by Gasteiger charge is -2.43. The van der Waals surface area contributed by atoms with Gasteiger partial charge in [0.05, 0.1) is 23.8 Å². The van der Waals surface area contributed by atoms with Gasteiger partial charge in [-0.2, -0.15) is 18.4 Å². The monoisotopic (exact) mass is 423 g/mol. The molecule has 0 saturated carbocycles. The summed E-state index contributed by atoms with van der Waals surface area (Å²) in [5.41, 5.74) is -1.39. The van der Waals surface area contributed by atoms with Gasteiger partial charge in [-0.1, -0.05) is 13.8 Å². The number of piperidine rings is 1. The van der Waals surface area contributed by atoms with Gasteiger partial charge in [-0.05, 0) is 37.5 Å². The fraction of sp³-hybridized carbons (Fsp3) is 0.636. The number of alkyl halides is 3. The molecule has 30 heavy (non-hydrogen) atoms. The Balaban J connectivity index is 1.84. The normalized spacial score (nSPS) is 24.1. The number of amides is 1. The third-order valence-electron chi connectivity index (χ3n) is 6.89. The number of hydrogen-bond donors (Lipinski definition) is 1. The number of aliphatic hydroxyl groups excluding tert-OH is 1. The number of aliphatic hydroxyl groups is 1. The van der Waals surface area contributed by atoms with Gasteiger partial charge in [0.15, 0.2) is 0 Å². The molecular formula is C22H28F3N3O2. The maximum Gasteiger partial charge on any atom is 0.417 e. The quantitative estimate of drug-likeness (QED) is 0.785. The minimum Gasteiger partial charge on any atom is -0.396 e. The lowest BCUT2D eigenvalue weighted by Crippen LogP contribution is -2.51. The molecule has 2 aliphatic rings. The van der Waals surface area contributed by atoms with Crippen molar-refractivity contribution in [1.29, 1.82) is 5.26 Å². The average molecular weight is 423 g/mol. The Morgan fingerprint density at radius 2 is 2.03 bits per heavy atom. The van der Waals surface area contributed by atoms with Crippen molar-refractivity contribution in [1.82, 2.24) is 4.90 Å². The first kappa shape index (κ1) is 22.4. The Bertz CT molecular complexity index is 832. The predicted molar refractivity (Wildman–Crippen MR) is 107 cm³/mol. The third-order valence-corrected chi connectivity index (χ3v) is 6.89. The van der Waals surface area contributed by atoms with Crippen LogP contribution in [0.1, 0.15) is 44.2 Å². The Hall–Kier alpha value is -2.27. The summed E-state index contributed by atoms with van der Waals surface area (Å²) in [6.07, 6.45) is -2.43. The molecular weight excluding hydrogens is 395 g/mol. The molecule has 8 heteroatoms. The van der Waals surface area contributed by atoms with Gasteiger partial charge < -0.3 is 14.9 Å². The van der Waals surface area contributed by atoms with E-state index in [0.29, 0.717) is 38.3 Å². The van der Waals surface area contributed by atoms with Gasteiger partial charge in [-0.25, -0.2) is 0 Å².